The second-order valence-electron chi connectivity index (χ2n) is 6.04. The molecule has 1 aromatic carbocycles. The molecule has 1 fully saturated rings. The van der Waals surface area contributed by atoms with E-state index in [1.165, 1.54) is 11.1 Å². The third kappa shape index (κ3) is 2.57. The summed E-state index contributed by atoms with van der Waals surface area (Å²) in [7, 11) is 4.20. The molecule has 5 heteroatoms. The fourth-order valence-corrected chi connectivity index (χ4v) is 4.34. The van der Waals surface area contributed by atoms with Gasteiger partial charge in [-0.1, -0.05) is 23.2 Å². The number of benzene rings is 1. The van der Waals surface area contributed by atoms with Crippen LogP contribution in [-0.2, 0) is 6.42 Å². The van der Waals surface area contributed by atoms with E-state index in [1.54, 1.807) is 0 Å². The highest BCUT2D eigenvalue weighted by Gasteiger charge is 2.44. The van der Waals surface area contributed by atoms with E-state index < -0.39 is 0 Å². The number of aliphatic hydroxyl groups excluding tert-OH is 1. The maximum atomic E-state index is 10.3. The summed E-state index contributed by atoms with van der Waals surface area (Å²) >= 11 is 12.3. The largest absolute Gasteiger partial charge is 0.393 e. The Kier molecular flexibility index (Phi) is 4.93. The smallest absolute Gasteiger partial charge is 0.0595 e. The monoisotopic (exact) mass is 335 g/mol. The van der Waals surface area contributed by atoms with Gasteiger partial charge in [-0.05, 0) is 56.6 Å². The van der Waals surface area contributed by atoms with Crippen LogP contribution in [0.5, 0.6) is 0 Å². The Bertz CT molecular complexity index is 506. The second kappa shape index (κ2) is 6.02. The van der Waals surface area contributed by atoms with E-state index in [1.807, 2.05) is 12.1 Å². The first kappa shape index (κ1) is 16.4. The Labute approximate surface area is 136 Å². The zero-order chi connectivity index (χ0) is 13.7. The highest BCUT2D eigenvalue weighted by molar-refractivity contribution is 6.42. The number of rotatable bonds is 1. The lowest BCUT2D eigenvalue weighted by molar-refractivity contribution is -0.00214. The van der Waals surface area contributed by atoms with E-state index in [0.717, 1.165) is 19.3 Å². The zero-order valence-corrected chi connectivity index (χ0v) is 14.0. The molecule has 0 aliphatic heterocycles. The molecule has 2 aliphatic carbocycles. The number of nitrogens with zero attached hydrogens (tertiary/aromatic N) is 1. The van der Waals surface area contributed by atoms with Gasteiger partial charge < -0.3 is 10.0 Å². The van der Waals surface area contributed by atoms with Gasteiger partial charge in [0.2, 0.25) is 0 Å². The van der Waals surface area contributed by atoms with E-state index in [9.17, 15) is 5.11 Å². The van der Waals surface area contributed by atoms with Crippen LogP contribution in [0.25, 0.3) is 0 Å². The molecular formula is C15H20Cl3NO. The molecule has 1 saturated carbocycles. The maximum absolute atomic E-state index is 10.3. The molecule has 0 spiro atoms. The van der Waals surface area contributed by atoms with Crippen LogP contribution in [0.1, 0.15) is 29.9 Å². The van der Waals surface area contributed by atoms with E-state index in [-0.39, 0.29) is 18.5 Å². The summed E-state index contributed by atoms with van der Waals surface area (Å²) in [6.07, 6.45) is 2.60. The van der Waals surface area contributed by atoms with Crippen LogP contribution in [-0.4, -0.2) is 36.2 Å². The molecule has 20 heavy (non-hydrogen) atoms. The average molecular weight is 337 g/mol. The molecule has 112 valence electrons. The molecule has 0 saturated heterocycles. The first-order chi connectivity index (χ1) is 8.99. The molecule has 2 bridgehead atoms. The Morgan fingerprint density at radius 1 is 1.15 bits per heavy atom. The Hall–Kier alpha value is 0.01000. The molecular weight excluding hydrogens is 317 g/mol. The highest BCUT2D eigenvalue weighted by Crippen LogP contribution is 2.47. The van der Waals surface area contributed by atoms with E-state index in [0.29, 0.717) is 27.9 Å². The van der Waals surface area contributed by atoms with Crippen molar-refractivity contribution in [1.29, 1.82) is 0 Å². The number of likely N-dealkylation sites (N-methyl/N-ethyl adjacent to an activating group) is 1. The van der Waals surface area contributed by atoms with Crippen molar-refractivity contribution in [3.63, 3.8) is 0 Å². The lowest BCUT2D eigenvalue weighted by atomic mass is 9.64. The summed E-state index contributed by atoms with van der Waals surface area (Å²) in [6.45, 7) is 0. The second-order valence-corrected chi connectivity index (χ2v) is 6.85. The predicted molar refractivity (Wildman–Crippen MR) is 86.4 cm³/mol. The van der Waals surface area contributed by atoms with Crippen molar-refractivity contribution in [2.75, 3.05) is 14.1 Å². The van der Waals surface area contributed by atoms with Crippen molar-refractivity contribution in [3.05, 3.63) is 33.3 Å². The minimum atomic E-state index is -0.203. The van der Waals surface area contributed by atoms with E-state index in [2.05, 4.69) is 19.0 Å². The van der Waals surface area contributed by atoms with Crippen molar-refractivity contribution in [1.82, 2.24) is 4.90 Å². The van der Waals surface area contributed by atoms with Crippen LogP contribution in [0.15, 0.2) is 12.1 Å². The van der Waals surface area contributed by atoms with Crippen LogP contribution in [0.4, 0.5) is 0 Å². The maximum Gasteiger partial charge on any atom is 0.0595 e. The van der Waals surface area contributed by atoms with Crippen LogP contribution >= 0.6 is 35.6 Å². The lowest BCUT2D eigenvalue weighted by Crippen LogP contribution is -2.52. The van der Waals surface area contributed by atoms with Crippen molar-refractivity contribution in [2.24, 2.45) is 5.92 Å². The van der Waals surface area contributed by atoms with Crippen molar-refractivity contribution >= 4 is 35.6 Å². The summed E-state index contributed by atoms with van der Waals surface area (Å²) in [4.78, 5) is 2.25. The average Bonchev–Trinajstić information content (AvgIpc) is 2.35. The summed E-state index contributed by atoms with van der Waals surface area (Å²) in [5.41, 5.74) is 2.59. The van der Waals surface area contributed by atoms with Crippen molar-refractivity contribution in [2.45, 2.75) is 37.3 Å². The fourth-order valence-electron chi connectivity index (χ4n) is 3.98. The molecule has 1 N–H and O–H groups in total. The minimum absolute atomic E-state index is 0. The molecule has 2 aliphatic rings. The van der Waals surface area contributed by atoms with E-state index in [4.69, 9.17) is 23.2 Å². The van der Waals surface area contributed by atoms with E-state index >= 15 is 0 Å². The normalized spacial score (nSPS) is 31.7. The third-order valence-corrected chi connectivity index (χ3v) is 5.47. The number of aliphatic hydroxyl groups is 1. The number of fused-ring (bicyclic) bond motifs is 4. The van der Waals surface area contributed by atoms with Crippen LogP contribution in [0.3, 0.4) is 0 Å². The summed E-state index contributed by atoms with van der Waals surface area (Å²) in [6, 6.07) is 4.42. The number of halogens is 3. The standard InChI is InChI=1S/C15H19Cl2NO.ClH/c1-18(2)15-9-3-4-14(19)11(15)5-8-6-12(16)13(17)7-10(8)9;/h6-7,9,11,14-15,19H,3-5H2,1-2H3;1H/t9-,11-,14-,15?;/m1./s1. The van der Waals surface area contributed by atoms with Crippen molar-refractivity contribution < 1.29 is 5.11 Å². The topological polar surface area (TPSA) is 23.5 Å². The van der Waals surface area contributed by atoms with Crippen LogP contribution < -0.4 is 0 Å². The summed E-state index contributed by atoms with van der Waals surface area (Å²) in [5.74, 6) is 0.764. The summed E-state index contributed by atoms with van der Waals surface area (Å²) < 4.78 is 0. The zero-order valence-electron chi connectivity index (χ0n) is 11.6. The Morgan fingerprint density at radius 3 is 2.45 bits per heavy atom. The van der Waals surface area contributed by atoms with Gasteiger partial charge in [-0.2, -0.15) is 0 Å². The SMILES string of the molecule is CN(C)C1[C@@H]2CC[C@@H](O)[C@H]1Cc1cc(Cl)c(Cl)cc12.Cl. The molecule has 1 aromatic rings. The molecule has 0 amide bonds. The molecule has 0 heterocycles. The Balaban J connectivity index is 0.00000147. The predicted octanol–water partition coefficient (Wildman–Crippen LogP) is 3.76. The van der Waals surface area contributed by atoms with Gasteiger partial charge in [0.25, 0.3) is 0 Å². The molecule has 1 unspecified atom stereocenters. The quantitative estimate of drug-likeness (QED) is 0.844. The van der Waals surface area contributed by atoms with Crippen LogP contribution in [0, 0.1) is 5.92 Å². The summed E-state index contributed by atoms with van der Waals surface area (Å²) in [5, 5.41) is 11.6. The van der Waals surface area contributed by atoms with Crippen molar-refractivity contribution in [3.8, 4) is 0 Å². The molecule has 3 rings (SSSR count). The third-order valence-electron chi connectivity index (χ3n) is 4.75. The van der Waals surface area contributed by atoms with Gasteiger partial charge in [0.1, 0.15) is 0 Å². The molecule has 4 atom stereocenters. The molecule has 0 radical (unpaired) electrons. The van der Waals surface area contributed by atoms with Crippen LogP contribution in [0.2, 0.25) is 10.0 Å². The Morgan fingerprint density at radius 2 is 1.80 bits per heavy atom. The highest BCUT2D eigenvalue weighted by atomic mass is 35.5. The molecule has 0 aromatic heterocycles. The van der Waals surface area contributed by atoms with Gasteiger partial charge >= 0.3 is 0 Å². The number of hydrogen-bond donors (Lipinski definition) is 1. The first-order valence-electron chi connectivity index (χ1n) is 6.81. The first-order valence-corrected chi connectivity index (χ1v) is 7.57. The fraction of sp³-hybridized carbons (Fsp3) is 0.600. The van der Waals surface area contributed by atoms with Gasteiger partial charge in [-0.25, -0.2) is 0 Å². The molecule has 2 nitrogen and oxygen atoms in total. The minimum Gasteiger partial charge on any atom is -0.393 e. The number of hydrogen-bond acceptors (Lipinski definition) is 2. The van der Waals surface area contributed by atoms with Gasteiger partial charge in [0.05, 0.1) is 16.1 Å². The van der Waals surface area contributed by atoms with Gasteiger partial charge in [0, 0.05) is 17.9 Å². The van der Waals surface area contributed by atoms with Gasteiger partial charge in [-0.3, -0.25) is 0 Å². The van der Waals surface area contributed by atoms with Gasteiger partial charge in [-0.15, -0.1) is 12.4 Å². The van der Waals surface area contributed by atoms with Gasteiger partial charge in [0.15, 0.2) is 0 Å². The lowest BCUT2D eigenvalue weighted by Gasteiger charge is -2.49.